The van der Waals surface area contributed by atoms with Gasteiger partial charge < -0.3 is 5.32 Å². The number of halogens is 3. The number of carbonyl (C=O) groups is 1. The smallest absolute Gasteiger partial charge is 0.302 e. The second-order valence-electron chi connectivity index (χ2n) is 7.77. The number of hydrogen-bond donors (Lipinski definition) is 1. The van der Waals surface area contributed by atoms with Crippen LogP contribution in [0.15, 0.2) is 42.6 Å². The molecule has 33 heavy (non-hydrogen) atoms. The van der Waals surface area contributed by atoms with Gasteiger partial charge in [0.05, 0.1) is 33.2 Å². The lowest BCUT2D eigenvalue weighted by molar-refractivity contribution is -0.137. The monoisotopic (exact) mass is 469 g/mol. The van der Waals surface area contributed by atoms with Gasteiger partial charge in [-0.3, -0.25) is 9.78 Å². The van der Waals surface area contributed by atoms with Crippen LogP contribution in [-0.2, 0) is 23.8 Å². The molecule has 1 amide bonds. The summed E-state index contributed by atoms with van der Waals surface area (Å²) < 4.78 is 43.0. The predicted octanol–water partition coefficient (Wildman–Crippen LogP) is 5.44. The number of nitrogens with one attached hydrogen (secondary N) is 1. The Balaban J connectivity index is 1.78. The van der Waals surface area contributed by atoms with Gasteiger partial charge in [-0.25, -0.2) is 9.67 Å². The van der Waals surface area contributed by atoms with Gasteiger partial charge in [0.1, 0.15) is 0 Å². The van der Waals surface area contributed by atoms with E-state index in [1.165, 1.54) is 35.1 Å². The molecule has 0 saturated heterocycles. The van der Waals surface area contributed by atoms with Crippen LogP contribution in [0.2, 0.25) is 0 Å². The Kier molecular flexibility index (Phi) is 5.04. The Bertz CT molecular complexity index is 1370. The predicted molar refractivity (Wildman–Crippen MR) is 119 cm³/mol. The molecular weight excluding hydrogens is 451 g/mol. The van der Waals surface area contributed by atoms with Crippen molar-refractivity contribution in [2.45, 2.75) is 32.9 Å². The minimum absolute atomic E-state index is 0.0603. The number of amides is 1. The fraction of sp³-hybridized carbons (Fsp3) is 0.217. The number of carbonyl (C=O) groups excluding carboxylic acids is 1. The minimum atomic E-state index is -4.55. The zero-order valence-electron chi connectivity index (χ0n) is 17.7. The lowest BCUT2D eigenvalue weighted by Crippen LogP contribution is -2.13. The van der Waals surface area contributed by atoms with Gasteiger partial charge in [-0.1, -0.05) is 23.5 Å². The molecule has 0 aliphatic heterocycles. The summed E-state index contributed by atoms with van der Waals surface area (Å²) in [5, 5.41) is 7.77. The number of hydrogen-bond acceptors (Lipinski definition) is 5. The van der Waals surface area contributed by atoms with Crippen molar-refractivity contribution in [3.8, 4) is 27.5 Å². The summed E-state index contributed by atoms with van der Waals surface area (Å²) in [7, 11) is 0. The average molecular weight is 469 g/mol. The van der Waals surface area contributed by atoms with Crippen molar-refractivity contribution in [2.75, 3.05) is 5.32 Å². The molecule has 1 aliphatic carbocycles. The van der Waals surface area contributed by atoms with E-state index >= 15 is 0 Å². The van der Waals surface area contributed by atoms with Crippen LogP contribution in [0, 0.1) is 6.92 Å². The van der Waals surface area contributed by atoms with E-state index in [9.17, 15) is 18.0 Å². The molecule has 10 heteroatoms. The number of fused-ring (bicyclic) bond motifs is 3. The first-order valence-corrected chi connectivity index (χ1v) is 11.0. The first-order chi connectivity index (χ1) is 15.7. The SMILES string of the molecule is CC(=O)Nc1nc2c(s1)-c1c(c(-c3ccc(C)nc3)nn1-c1ccccc1C(F)(F)F)CC2. The van der Waals surface area contributed by atoms with Crippen LogP contribution in [0.4, 0.5) is 18.3 Å². The van der Waals surface area contributed by atoms with E-state index in [4.69, 9.17) is 0 Å². The van der Waals surface area contributed by atoms with E-state index < -0.39 is 11.7 Å². The highest BCUT2D eigenvalue weighted by molar-refractivity contribution is 7.19. The molecule has 0 radical (unpaired) electrons. The molecule has 168 valence electrons. The highest BCUT2D eigenvalue weighted by Crippen LogP contribution is 2.45. The van der Waals surface area contributed by atoms with Crippen molar-refractivity contribution in [3.05, 3.63) is 65.1 Å². The largest absolute Gasteiger partial charge is 0.418 e. The molecule has 0 atom stereocenters. The van der Waals surface area contributed by atoms with Gasteiger partial charge in [-0.05, 0) is 44.0 Å². The highest BCUT2D eigenvalue weighted by Gasteiger charge is 2.36. The van der Waals surface area contributed by atoms with E-state index in [0.29, 0.717) is 34.2 Å². The van der Waals surface area contributed by atoms with Gasteiger partial charge in [-0.15, -0.1) is 0 Å². The van der Waals surface area contributed by atoms with Crippen LogP contribution in [0.3, 0.4) is 0 Å². The summed E-state index contributed by atoms with van der Waals surface area (Å²) in [6, 6.07) is 9.11. The number of benzene rings is 1. The number of anilines is 1. The number of nitrogens with zero attached hydrogens (tertiary/aromatic N) is 4. The summed E-state index contributed by atoms with van der Waals surface area (Å²) >= 11 is 1.24. The quantitative estimate of drug-likeness (QED) is 0.434. The second-order valence-corrected chi connectivity index (χ2v) is 8.77. The third-order valence-corrected chi connectivity index (χ3v) is 6.43. The number of alkyl halides is 3. The average Bonchev–Trinajstić information content (AvgIpc) is 3.34. The normalized spacial score (nSPS) is 12.9. The summed E-state index contributed by atoms with van der Waals surface area (Å²) in [5.74, 6) is -0.260. The molecule has 0 spiro atoms. The van der Waals surface area contributed by atoms with E-state index in [2.05, 4.69) is 20.4 Å². The molecule has 0 saturated carbocycles. The number of pyridine rings is 1. The Hall–Kier alpha value is -3.53. The van der Waals surface area contributed by atoms with E-state index in [0.717, 1.165) is 28.6 Å². The van der Waals surface area contributed by atoms with Crippen molar-refractivity contribution in [3.63, 3.8) is 0 Å². The van der Waals surface area contributed by atoms with Crippen molar-refractivity contribution < 1.29 is 18.0 Å². The molecular formula is C23H18F3N5OS. The van der Waals surface area contributed by atoms with Crippen molar-refractivity contribution in [2.24, 2.45) is 0 Å². The summed E-state index contributed by atoms with van der Waals surface area (Å²) in [6.45, 7) is 3.25. The lowest BCUT2D eigenvalue weighted by Gasteiger charge is -2.17. The molecule has 1 aliphatic rings. The van der Waals surface area contributed by atoms with Crippen molar-refractivity contribution in [1.82, 2.24) is 19.7 Å². The van der Waals surface area contributed by atoms with Crippen molar-refractivity contribution >= 4 is 22.4 Å². The van der Waals surface area contributed by atoms with E-state index in [1.54, 1.807) is 12.3 Å². The number of aromatic nitrogens is 4. The van der Waals surface area contributed by atoms with Crippen LogP contribution in [-0.4, -0.2) is 25.7 Å². The molecule has 1 N–H and O–H groups in total. The van der Waals surface area contributed by atoms with Gasteiger partial charge in [-0.2, -0.15) is 18.3 Å². The van der Waals surface area contributed by atoms with Crippen LogP contribution in [0.5, 0.6) is 0 Å². The van der Waals surface area contributed by atoms with Gasteiger partial charge in [0.2, 0.25) is 5.91 Å². The molecule has 3 aromatic heterocycles. The molecule has 0 unspecified atom stereocenters. The maximum atomic E-state index is 13.9. The Labute approximate surface area is 191 Å². The number of thiazole rings is 1. The molecule has 5 rings (SSSR count). The number of rotatable bonds is 3. The Morgan fingerprint density at radius 3 is 2.64 bits per heavy atom. The molecule has 4 aromatic rings. The van der Waals surface area contributed by atoms with E-state index in [-0.39, 0.29) is 11.6 Å². The standard InChI is InChI=1S/C23H18F3N5OS/c1-12-7-8-14(11-27-12)19-15-9-10-17-21(33-22(29-17)28-13(2)32)20(15)31(30-19)18-6-4-3-5-16(18)23(24,25)26/h3-8,11H,9-10H2,1-2H3,(H,28,29,32). The minimum Gasteiger partial charge on any atom is -0.302 e. The Morgan fingerprint density at radius 1 is 1.15 bits per heavy atom. The molecule has 0 bridgehead atoms. The maximum Gasteiger partial charge on any atom is 0.418 e. The third-order valence-electron chi connectivity index (χ3n) is 5.41. The van der Waals surface area contributed by atoms with Crippen molar-refractivity contribution in [1.29, 1.82) is 0 Å². The first-order valence-electron chi connectivity index (χ1n) is 10.2. The van der Waals surface area contributed by atoms with Gasteiger partial charge in [0.15, 0.2) is 5.13 Å². The van der Waals surface area contributed by atoms with Crippen LogP contribution in [0.1, 0.15) is 29.4 Å². The van der Waals surface area contributed by atoms with Gasteiger partial charge >= 0.3 is 6.18 Å². The zero-order valence-corrected chi connectivity index (χ0v) is 18.5. The topological polar surface area (TPSA) is 72.7 Å². The maximum absolute atomic E-state index is 13.9. The fourth-order valence-electron chi connectivity index (χ4n) is 3.99. The van der Waals surface area contributed by atoms with Crippen LogP contribution >= 0.6 is 11.3 Å². The fourth-order valence-corrected chi connectivity index (χ4v) is 5.10. The van der Waals surface area contributed by atoms with Gasteiger partial charge in [0.25, 0.3) is 0 Å². The second kappa shape index (κ2) is 7.80. The molecule has 0 fully saturated rings. The van der Waals surface area contributed by atoms with Crippen LogP contribution in [0.25, 0.3) is 27.5 Å². The number of aryl methyl sites for hydroxylation is 2. The van der Waals surface area contributed by atoms with Crippen LogP contribution < -0.4 is 5.32 Å². The molecule has 3 heterocycles. The Morgan fingerprint density at radius 2 is 1.94 bits per heavy atom. The molecule has 6 nitrogen and oxygen atoms in total. The third kappa shape index (κ3) is 3.80. The van der Waals surface area contributed by atoms with E-state index in [1.807, 2.05) is 19.1 Å². The first kappa shape index (κ1) is 21.3. The summed E-state index contributed by atoms with van der Waals surface area (Å²) in [6.07, 6.45) is -1.71. The number of para-hydroxylation sites is 1. The lowest BCUT2D eigenvalue weighted by atomic mass is 9.95. The summed E-state index contributed by atoms with van der Waals surface area (Å²) in [5.41, 5.74) is 3.46. The van der Waals surface area contributed by atoms with Gasteiger partial charge in [0, 0.05) is 29.9 Å². The zero-order chi connectivity index (χ0) is 23.3. The summed E-state index contributed by atoms with van der Waals surface area (Å²) in [4.78, 5) is 21.1. The highest BCUT2D eigenvalue weighted by atomic mass is 32.1. The molecule has 1 aromatic carbocycles.